The summed E-state index contributed by atoms with van der Waals surface area (Å²) in [5.74, 6) is 0. The fourth-order valence-corrected chi connectivity index (χ4v) is 1.89. The average molecular weight is 192 g/mol. The van der Waals surface area contributed by atoms with Crippen molar-refractivity contribution in [2.24, 2.45) is 0 Å². The highest BCUT2D eigenvalue weighted by Gasteiger charge is 2.04. The van der Waals surface area contributed by atoms with Gasteiger partial charge in [0.1, 0.15) is 0 Å². The molecular weight excluding hydrogens is 172 g/mol. The minimum absolute atomic E-state index is 0.179. The van der Waals surface area contributed by atoms with E-state index in [0.717, 1.165) is 19.3 Å². The Hall–Kier alpha value is -0.820. The van der Waals surface area contributed by atoms with Gasteiger partial charge in [-0.25, -0.2) is 0 Å². The van der Waals surface area contributed by atoms with Crippen molar-refractivity contribution in [1.82, 2.24) is 0 Å². The highest BCUT2D eigenvalue weighted by atomic mass is 16.3. The van der Waals surface area contributed by atoms with Gasteiger partial charge in [0.05, 0.1) is 6.10 Å². The molecule has 0 aliphatic rings. The molecule has 0 aliphatic carbocycles. The van der Waals surface area contributed by atoms with Crippen LogP contribution in [0.15, 0.2) is 18.2 Å². The lowest BCUT2D eigenvalue weighted by molar-refractivity contribution is 0.164. The van der Waals surface area contributed by atoms with Gasteiger partial charge in [-0.1, -0.05) is 42.7 Å². The van der Waals surface area contributed by atoms with Crippen molar-refractivity contribution in [1.29, 1.82) is 0 Å². The first-order valence-electron chi connectivity index (χ1n) is 5.37. The van der Waals surface area contributed by atoms with Crippen molar-refractivity contribution in [2.75, 3.05) is 0 Å². The van der Waals surface area contributed by atoms with Crippen LogP contribution < -0.4 is 0 Å². The molecule has 0 unspecified atom stereocenters. The molecule has 1 atom stereocenters. The van der Waals surface area contributed by atoms with Crippen LogP contribution in [-0.4, -0.2) is 11.2 Å². The third kappa shape index (κ3) is 3.51. The van der Waals surface area contributed by atoms with Crippen LogP contribution in [0.5, 0.6) is 0 Å². The van der Waals surface area contributed by atoms with E-state index >= 15 is 0 Å². The molecule has 1 rings (SSSR count). The molecule has 0 saturated carbocycles. The SMILES string of the molecule is CCC[C@H](O)Cc1cc(C)cc(C)c1. The van der Waals surface area contributed by atoms with E-state index in [2.05, 4.69) is 39.0 Å². The Balaban J connectivity index is 2.66. The van der Waals surface area contributed by atoms with Gasteiger partial charge >= 0.3 is 0 Å². The molecule has 78 valence electrons. The number of rotatable bonds is 4. The van der Waals surface area contributed by atoms with Crippen LogP contribution in [0, 0.1) is 13.8 Å². The summed E-state index contributed by atoms with van der Waals surface area (Å²) in [6, 6.07) is 6.48. The number of hydrogen-bond acceptors (Lipinski definition) is 1. The zero-order valence-corrected chi connectivity index (χ0v) is 9.38. The van der Waals surface area contributed by atoms with Crippen LogP contribution in [0.2, 0.25) is 0 Å². The molecule has 1 aromatic carbocycles. The highest BCUT2D eigenvalue weighted by molar-refractivity contribution is 5.28. The molecule has 0 saturated heterocycles. The Kier molecular flexibility index (Phi) is 4.15. The lowest BCUT2D eigenvalue weighted by Crippen LogP contribution is -2.09. The van der Waals surface area contributed by atoms with E-state index in [9.17, 15) is 5.11 Å². The molecule has 1 heteroatoms. The fourth-order valence-electron chi connectivity index (χ4n) is 1.89. The van der Waals surface area contributed by atoms with Gasteiger partial charge in [-0.15, -0.1) is 0 Å². The monoisotopic (exact) mass is 192 g/mol. The minimum atomic E-state index is -0.179. The van der Waals surface area contributed by atoms with Crippen LogP contribution in [0.4, 0.5) is 0 Å². The predicted octanol–water partition coefficient (Wildman–Crippen LogP) is 3.01. The summed E-state index contributed by atoms with van der Waals surface area (Å²) >= 11 is 0. The molecule has 1 nitrogen and oxygen atoms in total. The van der Waals surface area contributed by atoms with E-state index < -0.39 is 0 Å². The van der Waals surface area contributed by atoms with Crippen molar-refractivity contribution >= 4 is 0 Å². The third-order valence-corrected chi connectivity index (χ3v) is 2.37. The number of aryl methyl sites for hydroxylation is 2. The predicted molar refractivity (Wildman–Crippen MR) is 60.5 cm³/mol. The first-order valence-corrected chi connectivity index (χ1v) is 5.37. The van der Waals surface area contributed by atoms with E-state index in [4.69, 9.17) is 0 Å². The van der Waals surface area contributed by atoms with E-state index in [1.54, 1.807) is 0 Å². The highest BCUT2D eigenvalue weighted by Crippen LogP contribution is 2.12. The van der Waals surface area contributed by atoms with Crippen molar-refractivity contribution in [3.8, 4) is 0 Å². The summed E-state index contributed by atoms with van der Waals surface area (Å²) in [4.78, 5) is 0. The second-order valence-corrected chi connectivity index (χ2v) is 4.14. The summed E-state index contributed by atoms with van der Waals surface area (Å²) in [6.07, 6.45) is 2.55. The summed E-state index contributed by atoms with van der Waals surface area (Å²) in [5, 5.41) is 9.68. The van der Waals surface area contributed by atoms with Gasteiger partial charge in [0, 0.05) is 0 Å². The van der Waals surface area contributed by atoms with Crippen LogP contribution in [0.1, 0.15) is 36.5 Å². The minimum Gasteiger partial charge on any atom is -0.393 e. The fraction of sp³-hybridized carbons (Fsp3) is 0.538. The number of aliphatic hydroxyl groups excluding tert-OH is 1. The molecular formula is C13H20O. The summed E-state index contributed by atoms with van der Waals surface area (Å²) in [5.41, 5.74) is 3.82. The maximum atomic E-state index is 9.68. The van der Waals surface area contributed by atoms with Crippen LogP contribution >= 0.6 is 0 Å². The average Bonchev–Trinajstić information content (AvgIpc) is 2.01. The van der Waals surface area contributed by atoms with E-state index in [0.29, 0.717) is 0 Å². The van der Waals surface area contributed by atoms with Gasteiger partial charge in [0.25, 0.3) is 0 Å². The van der Waals surface area contributed by atoms with Crippen molar-refractivity contribution < 1.29 is 5.11 Å². The molecule has 0 aromatic heterocycles. The molecule has 1 aromatic rings. The van der Waals surface area contributed by atoms with Gasteiger partial charge in [-0.05, 0) is 32.3 Å². The summed E-state index contributed by atoms with van der Waals surface area (Å²) in [6.45, 7) is 6.30. The normalized spacial score (nSPS) is 12.9. The van der Waals surface area contributed by atoms with Crippen molar-refractivity contribution in [2.45, 2.75) is 46.1 Å². The first-order chi connectivity index (χ1) is 6.61. The Morgan fingerprint density at radius 2 is 1.71 bits per heavy atom. The van der Waals surface area contributed by atoms with Crippen molar-refractivity contribution in [3.63, 3.8) is 0 Å². The van der Waals surface area contributed by atoms with Gasteiger partial charge < -0.3 is 5.11 Å². The molecule has 14 heavy (non-hydrogen) atoms. The molecule has 0 spiro atoms. The zero-order chi connectivity index (χ0) is 10.6. The standard InChI is InChI=1S/C13H20O/c1-4-5-13(14)9-12-7-10(2)6-11(3)8-12/h6-8,13-14H,4-5,9H2,1-3H3/t13-/m0/s1. The Morgan fingerprint density at radius 3 is 2.21 bits per heavy atom. The van der Waals surface area contributed by atoms with Gasteiger partial charge in [0.15, 0.2) is 0 Å². The molecule has 0 aliphatic heterocycles. The topological polar surface area (TPSA) is 20.2 Å². The van der Waals surface area contributed by atoms with E-state index in [-0.39, 0.29) is 6.10 Å². The molecule has 0 bridgehead atoms. The Labute approximate surface area is 86.8 Å². The number of benzene rings is 1. The smallest absolute Gasteiger partial charge is 0.0580 e. The van der Waals surface area contributed by atoms with Gasteiger partial charge in [-0.3, -0.25) is 0 Å². The van der Waals surface area contributed by atoms with Gasteiger partial charge in [-0.2, -0.15) is 0 Å². The summed E-state index contributed by atoms with van der Waals surface area (Å²) < 4.78 is 0. The second kappa shape index (κ2) is 5.16. The molecule has 0 radical (unpaired) electrons. The van der Waals surface area contributed by atoms with Crippen molar-refractivity contribution in [3.05, 3.63) is 34.9 Å². The Bertz CT molecular complexity index is 271. The van der Waals surface area contributed by atoms with E-state index in [1.807, 2.05) is 0 Å². The molecule has 0 heterocycles. The second-order valence-electron chi connectivity index (χ2n) is 4.14. The van der Waals surface area contributed by atoms with E-state index in [1.165, 1.54) is 16.7 Å². The molecule has 1 N–H and O–H groups in total. The van der Waals surface area contributed by atoms with Crippen LogP contribution in [-0.2, 0) is 6.42 Å². The van der Waals surface area contributed by atoms with Gasteiger partial charge in [0.2, 0.25) is 0 Å². The Morgan fingerprint density at radius 1 is 1.14 bits per heavy atom. The summed E-state index contributed by atoms with van der Waals surface area (Å²) in [7, 11) is 0. The third-order valence-electron chi connectivity index (χ3n) is 2.37. The maximum Gasteiger partial charge on any atom is 0.0580 e. The zero-order valence-electron chi connectivity index (χ0n) is 9.38. The lowest BCUT2D eigenvalue weighted by atomic mass is 10.0. The number of hydrogen-bond donors (Lipinski definition) is 1. The molecule has 0 amide bonds. The largest absolute Gasteiger partial charge is 0.393 e. The maximum absolute atomic E-state index is 9.68. The lowest BCUT2D eigenvalue weighted by Gasteiger charge is -2.10. The molecule has 0 fully saturated rings. The quantitative estimate of drug-likeness (QED) is 0.777. The van der Waals surface area contributed by atoms with Crippen LogP contribution in [0.3, 0.4) is 0 Å². The number of aliphatic hydroxyl groups is 1. The first kappa shape index (κ1) is 11.3. The van der Waals surface area contributed by atoms with Crippen LogP contribution in [0.25, 0.3) is 0 Å².